The Bertz CT molecular complexity index is 639. The maximum Gasteiger partial charge on any atom is 0.233 e. The molecule has 0 spiro atoms. The Morgan fingerprint density at radius 3 is 2.32 bits per heavy atom. The summed E-state index contributed by atoms with van der Waals surface area (Å²) in [5.41, 5.74) is 0. The summed E-state index contributed by atoms with van der Waals surface area (Å²) >= 11 is 0. The summed E-state index contributed by atoms with van der Waals surface area (Å²) in [6.45, 7) is 4.55. The quantitative estimate of drug-likeness (QED) is 0.835. The van der Waals surface area contributed by atoms with Crippen molar-refractivity contribution in [2.75, 3.05) is 26.2 Å². The molecule has 7 heteroatoms. The summed E-state index contributed by atoms with van der Waals surface area (Å²) in [6.07, 6.45) is 6.23. The Labute approximate surface area is 147 Å². The number of carbonyl (C=O) groups excluding carboxylic acids is 2. The molecule has 1 aliphatic carbocycles. The van der Waals surface area contributed by atoms with Gasteiger partial charge in [0, 0.05) is 44.9 Å². The number of piperidine rings is 1. The van der Waals surface area contributed by atoms with Gasteiger partial charge in [-0.2, -0.15) is 4.98 Å². The van der Waals surface area contributed by atoms with Crippen molar-refractivity contribution in [2.24, 2.45) is 5.92 Å². The molecule has 0 unspecified atom stereocenters. The minimum atomic E-state index is 0.133. The monoisotopic (exact) mass is 346 g/mol. The van der Waals surface area contributed by atoms with Gasteiger partial charge in [-0.05, 0) is 25.7 Å². The summed E-state index contributed by atoms with van der Waals surface area (Å²) in [5.74, 6) is 2.57. The molecule has 1 aromatic rings. The second kappa shape index (κ2) is 6.77. The molecule has 3 heterocycles. The van der Waals surface area contributed by atoms with Gasteiger partial charge >= 0.3 is 0 Å². The Morgan fingerprint density at radius 2 is 1.68 bits per heavy atom. The molecule has 25 heavy (non-hydrogen) atoms. The van der Waals surface area contributed by atoms with Crippen LogP contribution >= 0.6 is 0 Å². The van der Waals surface area contributed by atoms with Crippen molar-refractivity contribution in [3.63, 3.8) is 0 Å². The van der Waals surface area contributed by atoms with E-state index in [1.165, 1.54) is 12.8 Å². The lowest BCUT2D eigenvalue weighted by Gasteiger charge is -2.38. The van der Waals surface area contributed by atoms with Gasteiger partial charge in [-0.3, -0.25) is 9.59 Å². The first-order valence-corrected chi connectivity index (χ1v) is 9.49. The number of carbonyl (C=O) groups is 2. The third-order valence-electron chi connectivity index (χ3n) is 6.01. The zero-order valence-electron chi connectivity index (χ0n) is 14.8. The van der Waals surface area contributed by atoms with Gasteiger partial charge in [0.25, 0.3) is 0 Å². The molecule has 0 atom stereocenters. The normalized spacial score (nSPS) is 23.1. The van der Waals surface area contributed by atoms with E-state index in [1.807, 2.05) is 9.80 Å². The van der Waals surface area contributed by atoms with Gasteiger partial charge in [0.05, 0.1) is 5.92 Å². The Morgan fingerprint density at radius 1 is 1.00 bits per heavy atom. The van der Waals surface area contributed by atoms with E-state index in [0.717, 1.165) is 44.6 Å². The molecule has 7 nitrogen and oxygen atoms in total. The minimum absolute atomic E-state index is 0.133. The zero-order valence-corrected chi connectivity index (χ0v) is 14.8. The van der Waals surface area contributed by atoms with Crippen molar-refractivity contribution in [3.8, 4) is 0 Å². The summed E-state index contributed by atoms with van der Waals surface area (Å²) < 4.78 is 5.47. The van der Waals surface area contributed by atoms with Crippen molar-refractivity contribution in [1.29, 1.82) is 0 Å². The second-order valence-electron chi connectivity index (χ2n) is 7.69. The Kier molecular flexibility index (Phi) is 4.48. The van der Waals surface area contributed by atoms with E-state index in [2.05, 4.69) is 10.1 Å². The van der Waals surface area contributed by atoms with Crippen molar-refractivity contribution < 1.29 is 14.1 Å². The van der Waals surface area contributed by atoms with Crippen LogP contribution in [0.4, 0.5) is 0 Å². The van der Waals surface area contributed by atoms with Crippen LogP contribution in [0.5, 0.6) is 0 Å². The molecule has 0 bridgehead atoms. The predicted octanol–water partition coefficient (Wildman–Crippen LogP) is 1.91. The van der Waals surface area contributed by atoms with Crippen LogP contribution in [-0.2, 0) is 9.59 Å². The van der Waals surface area contributed by atoms with Crippen LogP contribution in [0, 0.1) is 5.92 Å². The third-order valence-corrected chi connectivity index (χ3v) is 6.01. The van der Waals surface area contributed by atoms with Crippen LogP contribution in [0.3, 0.4) is 0 Å². The molecule has 2 amide bonds. The van der Waals surface area contributed by atoms with Crippen molar-refractivity contribution in [3.05, 3.63) is 11.7 Å². The number of rotatable bonds is 3. The average Bonchev–Trinajstić information content (AvgIpc) is 3.25. The van der Waals surface area contributed by atoms with Crippen molar-refractivity contribution >= 4 is 11.8 Å². The first-order valence-electron chi connectivity index (χ1n) is 9.49. The third kappa shape index (κ3) is 3.28. The maximum absolute atomic E-state index is 12.4. The molecule has 2 aliphatic heterocycles. The largest absolute Gasteiger partial charge is 0.343 e. The SMILES string of the molecule is CC(=O)N1CCC(c2noc(C3CN(C(=O)C4CCCC4)C3)n2)CC1. The number of amides is 2. The number of likely N-dealkylation sites (tertiary alicyclic amines) is 2. The van der Waals surface area contributed by atoms with Gasteiger partial charge in [-0.25, -0.2) is 0 Å². The summed E-state index contributed by atoms with van der Waals surface area (Å²) in [6, 6.07) is 0. The zero-order chi connectivity index (χ0) is 17.4. The molecule has 0 N–H and O–H groups in total. The first-order chi connectivity index (χ1) is 12.1. The summed E-state index contributed by atoms with van der Waals surface area (Å²) in [4.78, 5) is 32.2. The highest BCUT2D eigenvalue weighted by Crippen LogP contribution is 2.33. The van der Waals surface area contributed by atoms with Gasteiger partial charge in [0.15, 0.2) is 5.82 Å². The van der Waals surface area contributed by atoms with E-state index in [0.29, 0.717) is 24.9 Å². The van der Waals surface area contributed by atoms with E-state index in [9.17, 15) is 9.59 Å². The summed E-state index contributed by atoms with van der Waals surface area (Å²) in [7, 11) is 0. The molecule has 0 radical (unpaired) electrons. The fourth-order valence-electron chi connectivity index (χ4n) is 4.28. The fraction of sp³-hybridized carbons (Fsp3) is 0.778. The highest BCUT2D eigenvalue weighted by atomic mass is 16.5. The number of aromatic nitrogens is 2. The van der Waals surface area contributed by atoms with Crippen LogP contribution in [0.25, 0.3) is 0 Å². The highest BCUT2D eigenvalue weighted by molar-refractivity contribution is 5.80. The molecular weight excluding hydrogens is 320 g/mol. The number of hydrogen-bond acceptors (Lipinski definition) is 5. The topological polar surface area (TPSA) is 79.5 Å². The number of hydrogen-bond donors (Lipinski definition) is 0. The molecule has 1 aromatic heterocycles. The van der Waals surface area contributed by atoms with E-state index in [4.69, 9.17) is 4.52 Å². The average molecular weight is 346 g/mol. The molecular formula is C18H26N4O3. The lowest BCUT2D eigenvalue weighted by Crippen LogP contribution is -2.50. The molecule has 3 fully saturated rings. The van der Waals surface area contributed by atoms with Crippen LogP contribution in [-0.4, -0.2) is 57.9 Å². The Balaban J connectivity index is 1.29. The highest BCUT2D eigenvalue weighted by Gasteiger charge is 2.39. The van der Waals surface area contributed by atoms with Crippen molar-refractivity contribution in [1.82, 2.24) is 19.9 Å². The lowest BCUT2D eigenvalue weighted by atomic mass is 9.95. The smallest absolute Gasteiger partial charge is 0.233 e. The molecule has 0 aromatic carbocycles. The maximum atomic E-state index is 12.4. The van der Waals surface area contributed by atoms with Crippen LogP contribution in [0.15, 0.2) is 4.52 Å². The standard InChI is InChI=1S/C18H26N4O3/c1-12(23)21-8-6-13(7-9-21)16-19-17(25-20-16)15-10-22(11-15)18(24)14-4-2-3-5-14/h13-15H,2-11H2,1H3. The van der Waals surface area contributed by atoms with E-state index >= 15 is 0 Å². The molecule has 2 saturated heterocycles. The van der Waals surface area contributed by atoms with E-state index < -0.39 is 0 Å². The summed E-state index contributed by atoms with van der Waals surface area (Å²) in [5, 5.41) is 4.17. The Hall–Kier alpha value is -1.92. The van der Waals surface area contributed by atoms with Gasteiger partial charge < -0.3 is 14.3 Å². The van der Waals surface area contributed by atoms with Gasteiger partial charge in [0.1, 0.15) is 0 Å². The van der Waals surface area contributed by atoms with Gasteiger partial charge in [0.2, 0.25) is 17.7 Å². The van der Waals surface area contributed by atoms with Crippen LogP contribution < -0.4 is 0 Å². The van der Waals surface area contributed by atoms with E-state index in [-0.39, 0.29) is 23.7 Å². The second-order valence-corrected chi connectivity index (χ2v) is 7.69. The van der Waals surface area contributed by atoms with Gasteiger partial charge in [-0.15, -0.1) is 0 Å². The first kappa shape index (κ1) is 16.5. The van der Waals surface area contributed by atoms with Gasteiger partial charge in [-0.1, -0.05) is 18.0 Å². The fourth-order valence-corrected chi connectivity index (χ4v) is 4.28. The van der Waals surface area contributed by atoms with Crippen LogP contribution in [0.2, 0.25) is 0 Å². The molecule has 4 rings (SSSR count). The van der Waals surface area contributed by atoms with E-state index in [1.54, 1.807) is 6.92 Å². The molecule has 1 saturated carbocycles. The van der Waals surface area contributed by atoms with Crippen LogP contribution in [0.1, 0.15) is 69.0 Å². The molecule has 136 valence electrons. The number of nitrogens with zero attached hydrogens (tertiary/aromatic N) is 4. The lowest BCUT2D eigenvalue weighted by molar-refractivity contribution is -0.140. The van der Waals surface area contributed by atoms with Crippen molar-refractivity contribution in [2.45, 2.75) is 57.3 Å². The molecule has 3 aliphatic rings. The predicted molar refractivity (Wildman–Crippen MR) is 89.8 cm³/mol. The minimum Gasteiger partial charge on any atom is -0.343 e.